The molecule has 0 fully saturated rings. The monoisotopic (exact) mass is 272 g/mol. The third-order valence-corrected chi connectivity index (χ3v) is 3.22. The highest BCUT2D eigenvalue weighted by Gasteiger charge is 1.94. The van der Waals surface area contributed by atoms with E-state index in [-0.39, 0.29) is 0 Å². The van der Waals surface area contributed by atoms with Crippen molar-refractivity contribution in [2.45, 2.75) is 6.92 Å². The molecular formula is C21H20. The Morgan fingerprint density at radius 1 is 0.905 bits per heavy atom. The van der Waals surface area contributed by atoms with Crippen LogP contribution < -0.4 is 0 Å². The molecular weight excluding hydrogens is 252 g/mol. The van der Waals surface area contributed by atoms with E-state index in [4.69, 9.17) is 0 Å². The van der Waals surface area contributed by atoms with Gasteiger partial charge in [-0.15, -0.1) is 0 Å². The minimum atomic E-state index is 1.10. The van der Waals surface area contributed by atoms with Crippen LogP contribution in [0.2, 0.25) is 0 Å². The second kappa shape index (κ2) is 7.86. The van der Waals surface area contributed by atoms with Crippen LogP contribution in [0.15, 0.2) is 97.1 Å². The molecule has 0 aliphatic carbocycles. The van der Waals surface area contributed by atoms with Gasteiger partial charge in [-0.05, 0) is 29.2 Å². The molecule has 0 saturated heterocycles. The zero-order valence-electron chi connectivity index (χ0n) is 12.4. The van der Waals surface area contributed by atoms with Gasteiger partial charge in [0.25, 0.3) is 0 Å². The average Bonchev–Trinajstić information content (AvgIpc) is 2.55. The summed E-state index contributed by atoms with van der Waals surface area (Å²) in [5.74, 6) is 0. The van der Waals surface area contributed by atoms with Gasteiger partial charge in [0, 0.05) is 0 Å². The second-order valence-corrected chi connectivity index (χ2v) is 4.83. The van der Waals surface area contributed by atoms with Gasteiger partial charge < -0.3 is 0 Å². The molecule has 0 heteroatoms. The summed E-state index contributed by atoms with van der Waals surface area (Å²) in [6.07, 6.45) is 10.3. The van der Waals surface area contributed by atoms with Crippen LogP contribution in [0.25, 0.3) is 11.6 Å². The van der Waals surface area contributed by atoms with Crippen molar-refractivity contribution in [1.29, 1.82) is 0 Å². The standard InChI is InChI=1S/C21H20/c1-3-19(13-10-14-20-11-6-4-7-12-20)17-18(2)21-15-8-5-9-16-21/h3-17H,1H2,2H3. The molecule has 0 spiro atoms. The molecule has 0 atom stereocenters. The average molecular weight is 272 g/mol. The third-order valence-electron chi connectivity index (χ3n) is 3.22. The lowest BCUT2D eigenvalue weighted by atomic mass is 10.0. The highest BCUT2D eigenvalue weighted by Crippen LogP contribution is 2.16. The second-order valence-electron chi connectivity index (χ2n) is 4.83. The van der Waals surface area contributed by atoms with Gasteiger partial charge in [-0.25, -0.2) is 0 Å². The van der Waals surface area contributed by atoms with Crippen molar-refractivity contribution in [3.05, 3.63) is 108 Å². The van der Waals surface area contributed by atoms with Crippen LogP contribution in [0.1, 0.15) is 18.1 Å². The van der Waals surface area contributed by atoms with Crippen molar-refractivity contribution in [1.82, 2.24) is 0 Å². The summed E-state index contributed by atoms with van der Waals surface area (Å²) in [6, 6.07) is 20.6. The number of allylic oxidation sites excluding steroid dienone is 6. The van der Waals surface area contributed by atoms with Gasteiger partial charge in [-0.3, -0.25) is 0 Å². The third kappa shape index (κ3) is 4.77. The van der Waals surface area contributed by atoms with E-state index in [1.165, 1.54) is 16.7 Å². The summed E-state index contributed by atoms with van der Waals surface area (Å²) >= 11 is 0. The quantitative estimate of drug-likeness (QED) is 0.593. The van der Waals surface area contributed by atoms with E-state index >= 15 is 0 Å². The molecule has 0 amide bonds. The Kier molecular flexibility index (Phi) is 5.54. The minimum absolute atomic E-state index is 1.10. The van der Waals surface area contributed by atoms with Crippen molar-refractivity contribution in [3.63, 3.8) is 0 Å². The summed E-state index contributed by atoms with van der Waals surface area (Å²) in [7, 11) is 0. The molecule has 0 nitrogen and oxygen atoms in total. The lowest BCUT2D eigenvalue weighted by molar-refractivity contribution is 1.55. The lowest BCUT2D eigenvalue weighted by Crippen LogP contribution is -1.79. The molecule has 0 aliphatic rings. The highest BCUT2D eigenvalue weighted by atomic mass is 14.0. The van der Waals surface area contributed by atoms with Crippen molar-refractivity contribution < 1.29 is 0 Å². The molecule has 0 heterocycles. The van der Waals surface area contributed by atoms with Crippen LogP contribution >= 0.6 is 0 Å². The lowest BCUT2D eigenvalue weighted by Gasteiger charge is -2.01. The largest absolute Gasteiger partial charge is 0.0985 e. The van der Waals surface area contributed by atoms with Crippen molar-refractivity contribution in [3.8, 4) is 0 Å². The molecule has 0 aromatic heterocycles. The molecule has 0 aliphatic heterocycles. The summed E-state index contributed by atoms with van der Waals surface area (Å²) in [6.45, 7) is 6.01. The Balaban J connectivity index is 2.14. The van der Waals surface area contributed by atoms with E-state index in [1.54, 1.807) is 0 Å². The summed E-state index contributed by atoms with van der Waals surface area (Å²) in [5.41, 5.74) is 4.76. The number of benzene rings is 2. The maximum absolute atomic E-state index is 3.89. The highest BCUT2D eigenvalue weighted by molar-refractivity contribution is 5.67. The van der Waals surface area contributed by atoms with Gasteiger partial charge in [0.1, 0.15) is 0 Å². The van der Waals surface area contributed by atoms with Crippen LogP contribution in [-0.2, 0) is 0 Å². The van der Waals surface area contributed by atoms with Crippen molar-refractivity contribution in [2.24, 2.45) is 0 Å². The minimum Gasteiger partial charge on any atom is -0.0985 e. The normalized spacial score (nSPS) is 12.6. The molecule has 2 aromatic rings. The van der Waals surface area contributed by atoms with E-state index in [9.17, 15) is 0 Å². The van der Waals surface area contributed by atoms with Gasteiger partial charge in [-0.2, -0.15) is 0 Å². The topological polar surface area (TPSA) is 0 Å². The van der Waals surface area contributed by atoms with Gasteiger partial charge in [0.05, 0.1) is 0 Å². The Hall–Kier alpha value is -2.60. The molecule has 104 valence electrons. The van der Waals surface area contributed by atoms with E-state index in [1.807, 2.05) is 30.3 Å². The maximum Gasteiger partial charge on any atom is -0.0227 e. The van der Waals surface area contributed by atoms with Gasteiger partial charge in [0.2, 0.25) is 0 Å². The molecule has 2 rings (SSSR count). The molecule has 0 saturated carbocycles. The summed E-state index contributed by atoms with van der Waals surface area (Å²) < 4.78 is 0. The first kappa shape index (κ1) is 14.8. The number of rotatable bonds is 5. The Morgan fingerprint density at radius 3 is 2.14 bits per heavy atom. The smallest absolute Gasteiger partial charge is 0.0227 e. The fraction of sp³-hybridized carbons (Fsp3) is 0.0476. The number of hydrogen-bond donors (Lipinski definition) is 0. The molecule has 0 bridgehead atoms. The molecule has 21 heavy (non-hydrogen) atoms. The first-order chi connectivity index (χ1) is 10.3. The Bertz CT molecular complexity index is 656. The van der Waals surface area contributed by atoms with Crippen LogP contribution in [0.4, 0.5) is 0 Å². The first-order valence-corrected chi connectivity index (χ1v) is 7.09. The number of hydrogen-bond acceptors (Lipinski definition) is 0. The predicted molar refractivity (Wildman–Crippen MR) is 93.8 cm³/mol. The van der Waals surface area contributed by atoms with Crippen molar-refractivity contribution >= 4 is 11.6 Å². The summed E-state index contributed by atoms with van der Waals surface area (Å²) in [4.78, 5) is 0. The van der Waals surface area contributed by atoms with Crippen LogP contribution in [-0.4, -0.2) is 0 Å². The fourth-order valence-corrected chi connectivity index (χ4v) is 2.04. The molecule has 0 unspecified atom stereocenters. The SMILES string of the molecule is C=CC(=CC=Cc1ccccc1)C=C(C)c1ccccc1. The van der Waals surface area contributed by atoms with Crippen LogP contribution in [0.5, 0.6) is 0 Å². The predicted octanol–water partition coefficient (Wildman–Crippen LogP) is 5.92. The van der Waals surface area contributed by atoms with E-state index in [0.717, 1.165) is 5.57 Å². The summed E-state index contributed by atoms with van der Waals surface area (Å²) in [5, 5.41) is 0. The van der Waals surface area contributed by atoms with E-state index in [0.29, 0.717) is 0 Å². The van der Waals surface area contributed by atoms with Crippen molar-refractivity contribution in [2.75, 3.05) is 0 Å². The zero-order valence-corrected chi connectivity index (χ0v) is 12.4. The zero-order chi connectivity index (χ0) is 14.9. The maximum atomic E-state index is 3.89. The molecule has 2 aromatic carbocycles. The molecule has 0 radical (unpaired) electrons. The Morgan fingerprint density at radius 2 is 1.52 bits per heavy atom. The van der Waals surface area contributed by atoms with Gasteiger partial charge in [0.15, 0.2) is 0 Å². The van der Waals surface area contributed by atoms with Gasteiger partial charge in [-0.1, -0.05) is 97.6 Å². The van der Waals surface area contributed by atoms with Gasteiger partial charge >= 0.3 is 0 Å². The fourth-order valence-electron chi connectivity index (χ4n) is 2.04. The van der Waals surface area contributed by atoms with E-state index in [2.05, 4.69) is 74.2 Å². The van der Waals surface area contributed by atoms with E-state index < -0.39 is 0 Å². The van der Waals surface area contributed by atoms with Crippen LogP contribution in [0, 0.1) is 0 Å². The van der Waals surface area contributed by atoms with Crippen LogP contribution in [0.3, 0.4) is 0 Å². The Labute approximate surface area is 127 Å². The molecule has 0 N–H and O–H groups in total. The first-order valence-electron chi connectivity index (χ1n) is 7.09.